The summed E-state index contributed by atoms with van der Waals surface area (Å²) in [4.78, 5) is 1.46. The Morgan fingerprint density at radius 2 is 1.91 bits per heavy atom. The number of hydrogen-bond donors (Lipinski definition) is 1. The molecule has 0 fully saturated rings. The maximum absolute atomic E-state index is 3.80. The van der Waals surface area contributed by atoms with Crippen LogP contribution in [-0.2, 0) is 12.8 Å². The topological polar surface area (TPSA) is 12.0 Å². The van der Waals surface area contributed by atoms with Crippen LogP contribution in [-0.4, -0.2) is 18.8 Å². The van der Waals surface area contributed by atoms with Crippen molar-refractivity contribution in [2.45, 2.75) is 43.0 Å². The van der Waals surface area contributed by atoms with Gasteiger partial charge in [-0.05, 0) is 60.7 Å². The van der Waals surface area contributed by atoms with Gasteiger partial charge in [-0.25, -0.2) is 0 Å². The summed E-state index contributed by atoms with van der Waals surface area (Å²) in [6.07, 6.45) is 5.76. The van der Waals surface area contributed by atoms with Crippen LogP contribution in [0.3, 0.4) is 0 Å². The molecule has 2 atom stereocenters. The Kier molecular flexibility index (Phi) is 5.22. The van der Waals surface area contributed by atoms with Crippen molar-refractivity contribution in [3.05, 3.63) is 65.2 Å². The minimum atomic E-state index is 0.600. The number of hydrogen-bond acceptors (Lipinski definition) is 2. The van der Waals surface area contributed by atoms with Crippen molar-refractivity contribution in [2.24, 2.45) is 0 Å². The summed E-state index contributed by atoms with van der Waals surface area (Å²) in [7, 11) is 0. The first-order valence-electron chi connectivity index (χ1n) is 8.22. The molecule has 22 heavy (non-hydrogen) atoms. The Labute approximate surface area is 138 Å². The van der Waals surface area contributed by atoms with Gasteiger partial charge in [-0.3, -0.25) is 0 Å². The molecule has 0 aliphatic heterocycles. The Balaban J connectivity index is 1.64. The maximum Gasteiger partial charge on any atom is 0.0137 e. The summed E-state index contributed by atoms with van der Waals surface area (Å²) in [5, 5.41) is 3.80. The fourth-order valence-electron chi connectivity index (χ4n) is 3.59. The molecular formula is C20H25NS. The van der Waals surface area contributed by atoms with Gasteiger partial charge < -0.3 is 5.32 Å². The molecule has 1 N–H and O–H groups in total. The van der Waals surface area contributed by atoms with E-state index in [0.717, 1.165) is 13.0 Å². The molecule has 0 saturated carbocycles. The third-order valence-corrected chi connectivity index (χ3v) is 5.62. The molecule has 0 spiro atoms. The molecule has 2 heteroatoms. The van der Waals surface area contributed by atoms with Gasteiger partial charge in [0.2, 0.25) is 0 Å². The summed E-state index contributed by atoms with van der Waals surface area (Å²) >= 11 is 1.88. The Morgan fingerprint density at radius 1 is 1.09 bits per heavy atom. The van der Waals surface area contributed by atoms with Crippen LogP contribution in [0.1, 0.15) is 36.0 Å². The Morgan fingerprint density at radius 3 is 2.68 bits per heavy atom. The average Bonchev–Trinajstić information content (AvgIpc) is 2.57. The number of thioether (sulfide) groups is 1. The highest BCUT2D eigenvalue weighted by Crippen LogP contribution is 2.37. The molecule has 2 aromatic rings. The lowest BCUT2D eigenvalue weighted by molar-refractivity contribution is 0.402. The highest BCUT2D eigenvalue weighted by molar-refractivity contribution is 7.98. The third kappa shape index (κ3) is 3.39. The number of benzene rings is 2. The van der Waals surface area contributed by atoms with Crippen molar-refractivity contribution >= 4 is 11.8 Å². The molecule has 2 unspecified atom stereocenters. The van der Waals surface area contributed by atoms with Crippen molar-refractivity contribution in [3.8, 4) is 0 Å². The molecule has 0 saturated heterocycles. The fraction of sp³-hybridized carbons (Fsp3) is 0.400. The van der Waals surface area contributed by atoms with Gasteiger partial charge in [0.05, 0.1) is 0 Å². The van der Waals surface area contributed by atoms with E-state index in [1.807, 2.05) is 11.8 Å². The number of rotatable bonds is 5. The third-order valence-electron chi connectivity index (χ3n) is 4.82. The molecular weight excluding hydrogens is 286 g/mol. The van der Waals surface area contributed by atoms with E-state index in [1.54, 1.807) is 11.1 Å². The lowest BCUT2D eigenvalue weighted by Gasteiger charge is -2.33. The average molecular weight is 311 g/mol. The van der Waals surface area contributed by atoms with Crippen LogP contribution in [0.4, 0.5) is 0 Å². The zero-order valence-corrected chi connectivity index (χ0v) is 14.3. The quantitative estimate of drug-likeness (QED) is 0.806. The zero-order chi connectivity index (χ0) is 15.4. The predicted octanol–water partition coefficient (Wildman–Crippen LogP) is 4.66. The first kappa shape index (κ1) is 15.6. The number of fused-ring (bicyclic) bond motifs is 1. The van der Waals surface area contributed by atoms with Gasteiger partial charge in [-0.2, -0.15) is 0 Å². The second-order valence-corrected chi connectivity index (χ2v) is 7.00. The lowest BCUT2D eigenvalue weighted by atomic mass is 9.80. The molecule has 0 aromatic heterocycles. The molecule has 0 amide bonds. The van der Waals surface area contributed by atoms with Crippen LogP contribution in [0.5, 0.6) is 0 Å². The molecule has 1 nitrogen and oxygen atoms in total. The van der Waals surface area contributed by atoms with Crippen LogP contribution in [0.2, 0.25) is 0 Å². The van der Waals surface area contributed by atoms with Gasteiger partial charge in [0.1, 0.15) is 0 Å². The summed E-state index contributed by atoms with van der Waals surface area (Å²) < 4.78 is 0. The molecule has 0 heterocycles. The van der Waals surface area contributed by atoms with Crippen molar-refractivity contribution in [1.82, 2.24) is 5.32 Å². The molecule has 116 valence electrons. The van der Waals surface area contributed by atoms with Crippen molar-refractivity contribution in [1.29, 1.82) is 0 Å². The van der Waals surface area contributed by atoms with Gasteiger partial charge in [0.15, 0.2) is 0 Å². The van der Waals surface area contributed by atoms with E-state index >= 15 is 0 Å². The summed E-state index contributed by atoms with van der Waals surface area (Å²) in [6.45, 7) is 3.45. The van der Waals surface area contributed by atoms with E-state index in [1.165, 1.54) is 23.3 Å². The highest BCUT2D eigenvalue weighted by atomic mass is 32.2. The van der Waals surface area contributed by atoms with Gasteiger partial charge in [0, 0.05) is 10.9 Å². The van der Waals surface area contributed by atoms with Crippen LogP contribution in [0.15, 0.2) is 53.4 Å². The molecule has 2 aromatic carbocycles. The van der Waals surface area contributed by atoms with Crippen LogP contribution < -0.4 is 5.32 Å². The molecule has 1 aliphatic rings. The van der Waals surface area contributed by atoms with Gasteiger partial charge in [-0.1, -0.05) is 49.4 Å². The van der Waals surface area contributed by atoms with E-state index < -0.39 is 0 Å². The standard InChI is InChI=1S/C20H25NS/c1-15-18(21-14-13-16-7-4-3-5-8-16)12-11-17-9-6-10-19(22-2)20(15)17/h3-10,15,18,21H,11-14H2,1-2H3. The van der Waals surface area contributed by atoms with Gasteiger partial charge in [-0.15, -0.1) is 11.8 Å². The largest absolute Gasteiger partial charge is 0.313 e. The Bertz CT molecular complexity index is 594. The van der Waals surface area contributed by atoms with Crippen LogP contribution in [0, 0.1) is 0 Å². The van der Waals surface area contributed by atoms with Crippen molar-refractivity contribution in [3.63, 3.8) is 0 Å². The second-order valence-electron chi connectivity index (χ2n) is 6.16. The Hall–Kier alpha value is -1.25. The zero-order valence-electron chi connectivity index (χ0n) is 13.5. The van der Waals surface area contributed by atoms with Crippen molar-refractivity contribution in [2.75, 3.05) is 12.8 Å². The minimum Gasteiger partial charge on any atom is -0.313 e. The van der Waals surface area contributed by atoms with Gasteiger partial charge in [0.25, 0.3) is 0 Å². The maximum atomic E-state index is 3.80. The fourth-order valence-corrected chi connectivity index (χ4v) is 4.34. The number of nitrogens with one attached hydrogen (secondary N) is 1. The van der Waals surface area contributed by atoms with Crippen molar-refractivity contribution < 1.29 is 0 Å². The van der Waals surface area contributed by atoms with E-state index in [9.17, 15) is 0 Å². The summed E-state index contributed by atoms with van der Waals surface area (Å²) in [5.74, 6) is 0.600. The minimum absolute atomic E-state index is 0.600. The van der Waals surface area contributed by atoms with E-state index in [4.69, 9.17) is 0 Å². The van der Waals surface area contributed by atoms with Gasteiger partial charge >= 0.3 is 0 Å². The van der Waals surface area contributed by atoms with E-state index in [2.05, 4.69) is 67.0 Å². The molecule has 3 rings (SSSR count). The first-order valence-corrected chi connectivity index (χ1v) is 9.45. The normalized spacial score (nSPS) is 20.6. The van der Waals surface area contributed by atoms with E-state index in [-0.39, 0.29) is 0 Å². The van der Waals surface area contributed by atoms with E-state index in [0.29, 0.717) is 12.0 Å². The number of aryl methyl sites for hydroxylation is 1. The highest BCUT2D eigenvalue weighted by Gasteiger charge is 2.27. The summed E-state index contributed by atoms with van der Waals surface area (Å²) in [6, 6.07) is 18.2. The molecule has 0 radical (unpaired) electrons. The lowest BCUT2D eigenvalue weighted by Crippen LogP contribution is -2.38. The van der Waals surface area contributed by atoms with Crippen LogP contribution >= 0.6 is 11.8 Å². The molecule has 0 bridgehead atoms. The first-order chi connectivity index (χ1) is 10.8. The van der Waals surface area contributed by atoms with Crippen LogP contribution in [0.25, 0.3) is 0 Å². The SMILES string of the molecule is CSc1cccc2c1C(C)C(NCCc1ccccc1)CC2. The second kappa shape index (κ2) is 7.34. The molecule has 1 aliphatic carbocycles. The summed E-state index contributed by atoms with van der Waals surface area (Å²) in [5.41, 5.74) is 4.56. The monoisotopic (exact) mass is 311 g/mol. The predicted molar refractivity (Wildman–Crippen MR) is 96.9 cm³/mol. The smallest absolute Gasteiger partial charge is 0.0137 e.